The summed E-state index contributed by atoms with van der Waals surface area (Å²) >= 11 is 0. The zero-order chi connectivity index (χ0) is 16.4. The van der Waals surface area contributed by atoms with Crippen LogP contribution in [0.25, 0.3) is 0 Å². The molecule has 0 saturated heterocycles. The van der Waals surface area contributed by atoms with Gasteiger partial charge in [-0.1, -0.05) is 30.3 Å². The molecule has 0 amide bonds. The van der Waals surface area contributed by atoms with Crippen molar-refractivity contribution in [1.82, 2.24) is 30.0 Å². The summed E-state index contributed by atoms with van der Waals surface area (Å²) in [6.07, 6.45) is 2.77. The zero-order valence-electron chi connectivity index (χ0n) is 13.5. The van der Waals surface area contributed by atoms with Gasteiger partial charge in [0.1, 0.15) is 12.6 Å². The maximum absolute atomic E-state index is 10.4. The Morgan fingerprint density at radius 3 is 2.52 bits per heavy atom. The lowest BCUT2D eigenvalue weighted by Gasteiger charge is -2.15. The van der Waals surface area contributed by atoms with Crippen molar-refractivity contribution in [3.05, 3.63) is 59.7 Å². The summed E-state index contributed by atoms with van der Waals surface area (Å²) < 4.78 is 1.70. The molecule has 0 radical (unpaired) electrons. The van der Waals surface area contributed by atoms with Crippen molar-refractivity contribution in [3.8, 4) is 0 Å². The fourth-order valence-corrected chi connectivity index (χ4v) is 2.17. The molecule has 0 saturated carbocycles. The van der Waals surface area contributed by atoms with Gasteiger partial charge in [-0.25, -0.2) is 0 Å². The Balaban J connectivity index is 1.74. The molecule has 0 aliphatic heterocycles. The molecule has 1 aromatic carbocycles. The Hall–Kier alpha value is -2.54. The minimum atomic E-state index is -0.692. The van der Waals surface area contributed by atoms with E-state index in [9.17, 15) is 5.11 Å². The lowest BCUT2D eigenvalue weighted by atomic mass is 10.1. The van der Waals surface area contributed by atoms with E-state index in [2.05, 4.69) is 20.5 Å². The topological polar surface area (TPSA) is 81.7 Å². The highest BCUT2D eigenvalue weighted by Gasteiger charge is 2.18. The maximum atomic E-state index is 10.4. The highest BCUT2D eigenvalue weighted by molar-refractivity contribution is 5.26. The van der Waals surface area contributed by atoms with Gasteiger partial charge in [0.2, 0.25) is 0 Å². The quantitative estimate of drug-likeness (QED) is 0.794. The van der Waals surface area contributed by atoms with Crippen molar-refractivity contribution in [2.24, 2.45) is 0 Å². The van der Waals surface area contributed by atoms with Crippen LogP contribution in [-0.2, 0) is 12.1 Å². The van der Waals surface area contributed by atoms with Crippen LogP contribution in [0.2, 0.25) is 0 Å². The first-order valence-corrected chi connectivity index (χ1v) is 7.48. The first-order chi connectivity index (χ1) is 10.9. The average Bonchev–Trinajstić information content (AvgIpc) is 3.17. The van der Waals surface area contributed by atoms with Crippen molar-refractivity contribution < 1.29 is 5.11 Å². The molecule has 3 aromatic rings. The highest BCUT2D eigenvalue weighted by Crippen LogP contribution is 2.21. The van der Waals surface area contributed by atoms with Gasteiger partial charge < -0.3 is 5.11 Å². The number of hydrogen-bond donors (Lipinski definition) is 1. The molecule has 0 aliphatic rings. The summed E-state index contributed by atoms with van der Waals surface area (Å²) in [5.41, 5.74) is 1.37. The number of aliphatic hydroxyl groups is 1. The van der Waals surface area contributed by atoms with E-state index in [0.29, 0.717) is 12.4 Å². The molecule has 7 nitrogen and oxygen atoms in total. The van der Waals surface area contributed by atoms with Crippen LogP contribution in [0.3, 0.4) is 0 Å². The number of rotatable bonds is 4. The van der Waals surface area contributed by atoms with Crippen LogP contribution in [-0.4, -0.2) is 35.1 Å². The van der Waals surface area contributed by atoms with E-state index >= 15 is 0 Å². The minimum absolute atomic E-state index is 0.204. The number of aromatic nitrogens is 6. The van der Waals surface area contributed by atoms with Crippen molar-refractivity contribution in [2.75, 3.05) is 0 Å². The fourth-order valence-electron chi connectivity index (χ4n) is 2.17. The largest absolute Gasteiger partial charge is 0.384 e. The number of hydrogen-bond acceptors (Lipinski definition) is 5. The third-order valence-electron chi connectivity index (χ3n) is 3.44. The van der Waals surface area contributed by atoms with E-state index in [1.54, 1.807) is 21.9 Å². The van der Waals surface area contributed by atoms with Gasteiger partial charge in [0.05, 0.1) is 11.7 Å². The summed E-state index contributed by atoms with van der Waals surface area (Å²) in [4.78, 5) is 1.59. The van der Waals surface area contributed by atoms with Crippen LogP contribution in [0.4, 0.5) is 0 Å². The van der Waals surface area contributed by atoms with E-state index in [1.165, 1.54) is 0 Å². The normalized spacial score (nSPS) is 13.2. The molecular weight excluding hydrogens is 292 g/mol. The van der Waals surface area contributed by atoms with Gasteiger partial charge >= 0.3 is 0 Å². The summed E-state index contributed by atoms with van der Waals surface area (Å²) in [5.74, 6) is 0.587. The molecule has 0 bridgehead atoms. The third-order valence-corrected chi connectivity index (χ3v) is 3.44. The van der Waals surface area contributed by atoms with Gasteiger partial charge in [0, 0.05) is 11.8 Å². The molecule has 23 heavy (non-hydrogen) atoms. The monoisotopic (exact) mass is 312 g/mol. The van der Waals surface area contributed by atoms with Crippen molar-refractivity contribution in [2.45, 2.75) is 39.0 Å². The molecule has 1 N–H and O–H groups in total. The molecular formula is C16H20N6O. The first-order valence-electron chi connectivity index (χ1n) is 7.48. The molecule has 1 unspecified atom stereocenters. The lowest BCUT2D eigenvalue weighted by Crippen LogP contribution is -2.24. The smallest absolute Gasteiger partial charge is 0.196 e. The summed E-state index contributed by atoms with van der Waals surface area (Å²) in [6, 6.07) is 9.50. The second-order valence-electron chi connectivity index (χ2n) is 6.45. The second-order valence-corrected chi connectivity index (χ2v) is 6.45. The predicted molar refractivity (Wildman–Crippen MR) is 84.6 cm³/mol. The minimum Gasteiger partial charge on any atom is -0.384 e. The molecule has 0 spiro atoms. The Labute approximate surface area is 134 Å². The Kier molecular flexibility index (Phi) is 3.96. The summed E-state index contributed by atoms with van der Waals surface area (Å²) in [7, 11) is 0. The van der Waals surface area contributed by atoms with Crippen LogP contribution >= 0.6 is 0 Å². The summed E-state index contributed by atoms with van der Waals surface area (Å²) in [5, 5.41) is 27.1. The van der Waals surface area contributed by atoms with E-state index in [-0.39, 0.29) is 5.54 Å². The molecule has 7 heteroatoms. The molecule has 0 aliphatic carbocycles. The number of tetrazole rings is 1. The van der Waals surface area contributed by atoms with Crippen LogP contribution in [0, 0.1) is 0 Å². The molecule has 2 aromatic heterocycles. The van der Waals surface area contributed by atoms with Gasteiger partial charge in [0.25, 0.3) is 0 Å². The molecule has 3 rings (SSSR count). The van der Waals surface area contributed by atoms with Gasteiger partial charge in [-0.2, -0.15) is 9.90 Å². The summed E-state index contributed by atoms with van der Waals surface area (Å²) in [6.45, 7) is 6.46. The van der Waals surface area contributed by atoms with Crippen molar-refractivity contribution in [3.63, 3.8) is 0 Å². The van der Waals surface area contributed by atoms with Gasteiger partial charge in [-0.05, 0) is 31.5 Å². The van der Waals surface area contributed by atoms with Gasteiger partial charge in [-0.15, -0.1) is 10.2 Å². The van der Waals surface area contributed by atoms with Gasteiger partial charge in [-0.3, -0.25) is 4.68 Å². The molecule has 0 fully saturated rings. The number of nitrogens with zero attached hydrogens (tertiary/aromatic N) is 6. The van der Waals surface area contributed by atoms with Crippen LogP contribution < -0.4 is 0 Å². The molecule has 120 valence electrons. The second kappa shape index (κ2) is 5.92. The van der Waals surface area contributed by atoms with E-state index in [4.69, 9.17) is 0 Å². The molecule has 1 atom stereocenters. The predicted octanol–water partition coefficient (Wildman–Crippen LogP) is 1.75. The standard InChI is InChI=1S/C16H20N6O/c1-16(2,3)22-19-14(18-20-22)11-21-10-13(9-17-21)15(23)12-7-5-4-6-8-12/h4-10,15,23H,11H2,1-3H3. The highest BCUT2D eigenvalue weighted by atomic mass is 16.3. The van der Waals surface area contributed by atoms with Crippen LogP contribution in [0.1, 0.15) is 43.8 Å². The SMILES string of the molecule is CC(C)(C)n1nnc(Cn2cc(C(O)c3ccccc3)cn2)n1. The third kappa shape index (κ3) is 3.45. The zero-order valence-corrected chi connectivity index (χ0v) is 13.5. The van der Waals surface area contributed by atoms with Crippen molar-refractivity contribution in [1.29, 1.82) is 0 Å². The van der Waals surface area contributed by atoms with E-state index in [1.807, 2.05) is 51.1 Å². The maximum Gasteiger partial charge on any atom is 0.196 e. The van der Waals surface area contributed by atoms with Crippen LogP contribution in [0.15, 0.2) is 42.7 Å². The lowest BCUT2D eigenvalue weighted by molar-refractivity contribution is 0.220. The average molecular weight is 312 g/mol. The Morgan fingerprint density at radius 2 is 1.87 bits per heavy atom. The number of aliphatic hydroxyl groups excluding tert-OH is 1. The molecule has 2 heterocycles. The fraction of sp³-hybridized carbons (Fsp3) is 0.375. The van der Waals surface area contributed by atoms with Crippen LogP contribution in [0.5, 0.6) is 0 Å². The Morgan fingerprint density at radius 1 is 1.13 bits per heavy atom. The first kappa shape index (κ1) is 15.4. The van der Waals surface area contributed by atoms with Crippen molar-refractivity contribution >= 4 is 0 Å². The van der Waals surface area contributed by atoms with Gasteiger partial charge in [0.15, 0.2) is 5.82 Å². The Bertz CT molecular complexity index is 771. The number of benzene rings is 1. The van der Waals surface area contributed by atoms with E-state index < -0.39 is 6.10 Å². The van der Waals surface area contributed by atoms with E-state index in [0.717, 1.165) is 11.1 Å².